The van der Waals surface area contributed by atoms with Crippen LogP contribution in [0.5, 0.6) is 0 Å². The van der Waals surface area contributed by atoms with E-state index in [-0.39, 0.29) is 5.78 Å². The fourth-order valence-electron chi connectivity index (χ4n) is 3.05. The summed E-state index contributed by atoms with van der Waals surface area (Å²) >= 11 is 3.34. The molecular formula is C14H14BrNO3. The minimum atomic E-state index is -1.71. The number of halogens is 1. The Morgan fingerprint density at radius 2 is 2.11 bits per heavy atom. The molecule has 19 heavy (non-hydrogen) atoms. The number of carbonyl (C=O) groups excluding carboxylic acids is 2. The summed E-state index contributed by atoms with van der Waals surface area (Å²) in [5.74, 6) is -1.13. The minimum Gasteiger partial charge on any atom is -0.375 e. The lowest BCUT2D eigenvalue weighted by molar-refractivity contribution is -0.150. The maximum atomic E-state index is 12.2. The van der Waals surface area contributed by atoms with Gasteiger partial charge in [0.2, 0.25) is 0 Å². The molecule has 1 aromatic rings. The zero-order valence-electron chi connectivity index (χ0n) is 10.3. The van der Waals surface area contributed by atoms with Crippen molar-refractivity contribution in [2.45, 2.75) is 31.3 Å². The van der Waals surface area contributed by atoms with Gasteiger partial charge in [0.05, 0.1) is 5.92 Å². The molecule has 100 valence electrons. The molecule has 1 aliphatic heterocycles. The number of carbonyl (C=O) groups is 2. The van der Waals surface area contributed by atoms with Gasteiger partial charge in [0.25, 0.3) is 5.91 Å². The first kappa shape index (κ1) is 12.8. The summed E-state index contributed by atoms with van der Waals surface area (Å²) in [6.45, 7) is 0. The molecule has 5 heteroatoms. The molecule has 1 aromatic carbocycles. The Labute approximate surface area is 119 Å². The molecule has 1 fully saturated rings. The van der Waals surface area contributed by atoms with Crippen LogP contribution in [0.2, 0.25) is 0 Å². The lowest BCUT2D eigenvalue weighted by Crippen LogP contribution is -2.46. The van der Waals surface area contributed by atoms with Gasteiger partial charge in [0.1, 0.15) is 5.78 Å². The Hall–Kier alpha value is -1.20. The molecule has 0 bridgehead atoms. The van der Waals surface area contributed by atoms with Crippen LogP contribution >= 0.6 is 15.9 Å². The number of ketones is 1. The number of anilines is 1. The molecule has 1 heterocycles. The zero-order valence-corrected chi connectivity index (χ0v) is 11.9. The molecule has 1 amide bonds. The fraction of sp³-hybridized carbons (Fsp3) is 0.429. The molecule has 0 unspecified atom stereocenters. The summed E-state index contributed by atoms with van der Waals surface area (Å²) in [4.78, 5) is 24.3. The molecule has 0 saturated heterocycles. The van der Waals surface area contributed by atoms with E-state index in [0.29, 0.717) is 24.1 Å². The van der Waals surface area contributed by atoms with Crippen LogP contribution in [0.4, 0.5) is 5.69 Å². The van der Waals surface area contributed by atoms with Crippen LogP contribution in [0, 0.1) is 5.92 Å². The molecule has 2 atom stereocenters. The second-order valence-corrected chi connectivity index (χ2v) is 6.09. The number of Topliss-reactive ketones (excluding diaryl/α,β-unsaturated/α-hetero) is 1. The van der Waals surface area contributed by atoms with E-state index < -0.39 is 17.4 Å². The van der Waals surface area contributed by atoms with Crippen molar-refractivity contribution in [1.29, 1.82) is 0 Å². The van der Waals surface area contributed by atoms with Crippen molar-refractivity contribution in [3.8, 4) is 0 Å². The van der Waals surface area contributed by atoms with Crippen molar-refractivity contribution in [1.82, 2.24) is 0 Å². The van der Waals surface area contributed by atoms with Gasteiger partial charge in [0, 0.05) is 22.1 Å². The third kappa shape index (κ3) is 1.83. The molecule has 0 radical (unpaired) electrons. The second kappa shape index (κ2) is 4.42. The highest BCUT2D eigenvalue weighted by molar-refractivity contribution is 9.10. The van der Waals surface area contributed by atoms with E-state index in [0.717, 1.165) is 17.3 Å². The number of nitrogens with one attached hydrogen (secondary N) is 1. The van der Waals surface area contributed by atoms with E-state index in [1.165, 1.54) is 0 Å². The van der Waals surface area contributed by atoms with Gasteiger partial charge in [-0.25, -0.2) is 0 Å². The normalized spacial score (nSPS) is 30.1. The van der Waals surface area contributed by atoms with Crippen LogP contribution in [0.3, 0.4) is 0 Å². The minimum absolute atomic E-state index is 0.0169. The fourth-order valence-corrected chi connectivity index (χ4v) is 3.41. The van der Waals surface area contributed by atoms with Gasteiger partial charge < -0.3 is 10.4 Å². The first-order valence-electron chi connectivity index (χ1n) is 6.40. The highest BCUT2D eigenvalue weighted by Crippen LogP contribution is 2.45. The van der Waals surface area contributed by atoms with Gasteiger partial charge in [-0.2, -0.15) is 0 Å². The molecule has 1 saturated carbocycles. The van der Waals surface area contributed by atoms with E-state index in [1.54, 1.807) is 18.2 Å². The van der Waals surface area contributed by atoms with E-state index >= 15 is 0 Å². The highest BCUT2D eigenvalue weighted by Gasteiger charge is 2.53. The first-order chi connectivity index (χ1) is 9.03. The summed E-state index contributed by atoms with van der Waals surface area (Å²) in [6.07, 6.45) is 2.73. The quantitative estimate of drug-likeness (QED) is 0.833. The molecule has 0 spiro atoms. The van der Waals surface area contributed by atoms with Gasteiger partial charge in [-0.1, -0.05) is 22.4 Å². The van der Waals surface area contributed by atoms with Crippen LogP contribution in [-0.2, 0) is 15.2 Å². The van der Waals surface area contributed by atoms with Crippen molar-refractivity contribution in [3.63, 3.8) is 0 Å². The number of benzene rings is 1. The summed E-state index contributed by atoms with van der Waals surface area (Å²) in [5, 5.41) is 13.5. The van der Waals surface area contributed by atoms with Gasteiger partial charge in [-0.05, 0) is 31.0 Å². The van der Waals surface area contributed by atoms with E-state index in [4.69, 9.17) is 0 Å². The maximum absolute atomic E-state index is 12.2. The molecule has 1 aliphatic carbocycles. The summed E-state index contributed by atoms with van der Waals surface area (Å²) in [5.41, 5.74) is -0.613. The summed E-state index contributed by atoms with van der Waals surface area (Å²) in [6, 6.07) is 5.26. The lowest BCUT2D eigenvalue weighted by Gasteiger charge is -2.32. The molecule has 3 rings (SSSR count). The van der Waals surface area contributed by atoms with Crippen molar-refractivity contribution >= 4 is 33.3 Å². The summed E-state index contributed by atoms with van der Waals surface area (Å²) < 4.78 is 0.782. The third-order valence-electron chi connectivity index (χ3n) is 4.05. The predicted octanol–water partition coefficient (Wildman–Crippen LogP) is 2.35. The predicted molar refractivity (Wildman–Crippen MR) is 73.6 cm³/mol. The Morgan fingerprint density at radius 3 is 2.84 bits per heavy atom. The van der Waals surface area contributed by atoms with Crippen molar-refractivity contribution in [2.24, 2.45) is 5.92 Å². The summed E-state index contributed by atoms with van der Waals surface area (Å²) in [7, 11) is 0. The van der Waals surface area contributed by atoms with Crippen molar-refractivity contribution < 1.29 is 14.7 Å². The van der Waals surface area contributed by atoms with E-state index in [2.05, 4.69) is 21.2 Å². The van der Waals surface area contributed by atoms with Crippen molar-refractivity contribution in [2.75, 3.05) is 5.32 Å². The van der Waals surface area contributed by atoms with Gasteiger partial charge in [-0.3, -0.25) is 9.59 Å². The number of amides is 1. The van der Waals surface area contributed by atoms with Gasteiger partial charge >= 0.3 is 0 Å². The average molecular weight is 324 g/mol. The van der Waals surface area contributed by atoms with Crippen LogP contribution < -0.4 is 5.32 Å². The monoisotopic (exact) mass is 323 g/mol. The number of hydrogen-bond acceptors (Lipinski definition) is 3. The van der Waals surface area contributed by atoms with Crippen LogP contribution in [0.15, 0.2) is 22.7 Å². The van der Waals surface area contributed by atoms with Gasteiger partial charge in [-0.15, -0.1) is 0 Å². The molecule has 0 aromatic heterocycles. The maximum Gasteiger partial charge on any atom is 0.261 e. The number of fused-ring (bicyclic) bond motifs is 1. The smallest absolute Gasteiger partial charge is 0.261 e. The Morgan fingerprint density at radius 1 is 1.32 bits per heavy atom. The number of rotatable bonds is 1. The average Bonchev–Trinajstić information content (AvgIpc) is 2.64. The number of aliphatic hydroxyl groups is 1. The second-order valence-electron chi connectivity index (χ2n) is 5.18. The molecule has 2 aliphatic rings. The zero-order chi connectivity index (χ0) is 13.6. The van der Waals surface area contributed by atoms with Crippen molar-refractivity contribution in [3.05, 3.63) is 28.2 Å². The van der Waals surface area contributed by atoms with Crippen LogP contribution in [-0.4, -0.2) is 16.8 Å². The van der Waals surface area contributed by atoms with E-state index in [9.17, 15) is 14.7 Å². The topological polar surface area (TPSA) is 66.4 Å². The standard InChI is InChI=1S/C14H14BrNO3/c15-8-5-6-11-10(7-8)14(19,13(18)16-11)9-3-1-2-4-12(9)17/h5-7,9,19H,1-4H2,(H,16,18)/t9-,14+/m1/s1. The Kier molecular flexibility index (Phi) is 2.98. The van der Waals surface area contributed by atoms with Gasteiger partial charge in [0.15, 0.2) is 5.60 Å². The Bertz CT molecular complexity index is 572. The third-order valence-corrected chi connectivity index (χ3v) is 4.54. The molecule has 2 N–H and O–H groups in total. The Balaban J connectivity index is 2.10. The highest BCUT2D eigenvalue weighted by atomic mass is 79.9. The van der Waals surface area contributed by atoms with Crippen LogP contribution in [0.1, 0.15) is 31.2 Å². The first-order valence-corrected chi connectivity index (χ1v) is 7.19. The largest absolute Gasteiger partial charge is 0.375 e. The SMILES string of the molecule is O=C1CCCC[C@H]1[C@@]1(O)C(=O)Nc2ccc(Br)cc21. The van der Waals surface area contributed by atoms with Crippen LogP contribution in [0.25, 0.3) is 0 Å². The molecular weight excluding hydrogens is 310 g/mol. The van der Waals surface area contributed by atoms with E-state index in [1.807, 2.05) is 0 Å². The lowest BCUT2D eigenvalue weighted by atomic mass is 9.73. The number of hydrogen-bond donors (Lipinski definition) is 2. The molecule has 4 nitrogen and oxygen atoms in total.